The maximum absolute atomic E-state index is 5.86. The molecule has 0 aliphatic rings. The monoisotopic (exact) mass is 251 g/mol. The Morgan fingerprint density at radius 2 is 1.89 bits per heavy atom. The van der Waals surface area contributed by atoms with Crippen molar-refractivity contribution in [1.82, 2.24) is 5.32 Å². The van der Waals surface area contributed by atoms with Crippen LogP contribution < -0.4 is 10.1 Å². The lowest BCUT2D eigenvalue weighted by Gasteiger charge is -2.22. The number of hydrogen-bond donors (Lipinski definition) is 1. The zero-order valence-electron chi connectivity index (χ0n) is 11.9. The first-order valence-corrected chi connectivity index (χ1v) is 6.75. The first-order chi connectivity index (χ1) is 8.69. The van der Waals surface area contributed by atoms with Gasteiger partial charge >= 0.3 is 0 Å². The Morgan fingerprint density at radius 1 is 1.17 bits per heavy atom. The standard InChI is InChI=1S/C15H25NO2/c1-5-16-14(11-17-6-2)13-9-7-8-10-15(13)18-12(3)4/h7-10,12,14,16H,5-6,11H2,1-4H3. The molecule has 0 radical (unpaired) electrons. The summed E-state index contributed by atoms with van der Waals surface area (Å²) in [5.74, 6) is 0.943. The number of benzene rings is 1. The van der Waals surface area contributed by atoms with Gasteiger partial charge in [-0.1, -0.05) is 25.1 Å². The molecule has 18 heavy (non-hydrogen) atoms. The van der Waals surface area contributed by atoms with Crippen LogP contribution in [0.3, 0.4) is 0 Å². The maximum atomic E-state index is 5.86. The molecule has 0 aliphatic carbocycles. The molecule has 0 bridgehead atoms. The van der Waals surface area contributed by atoms with Crippen LogP contribution in [-0.4, -0.2) is 25.9 Å². The minimum absolute atomic E-state index is 0.181. The molecule has 0 amide bonds. The Bertz CT molecular complexity index is 339. The van der Waals surface area contributed by atoms with Gasteiger partial charge in [-0.15, -0.1) is 0 Å². The highest BCUT2D eigenvalue weighted by Crippen LogP contribution is 2.26. The molecule has 0 saturated heterocycles. The second-order valence-electron chi connectivity index (χ2n) is 4.47. The SMILES string of the molecule is CCNC(COCC)c1ccccc1OC(C)C. The van der Waals surface area contributed by atoms with Gasteiger partial charge < -0.3 is 14.8 Å². The van der Waals surface area contributed by atoms with Gasteiger partial charge in [-0.05, 0) is 33.4 Å². The van der Waals surface area contributed by atoms with E-state index in [-0.39, 0.29) is 12.1 Å². The van der Waals surface area contributed by atoms with Gasteiger partial charge in [0, 0.05) is 12.2 Å². The second-order valence-corrected chi connectivity index (χ2v) is 4.47. The van der Waals surface area contributed by atoms with Gasteiger partial charge in [0.2, 0.25) is 0 Å². The predicted octanol–water partition coefficient (Wildman–Crippen LogP) is 3.16. The lowest BCUT2D eigenvalue weighted by molar-refractivity contribution is 0.121. The number of hydrogen-bond acceptors (Lipinski definition) is 3. The van der Waals surface area contributed by atoms with E-state index in [0.29, 0.717) is 6.61 Å². The summed E-state index contributed by atoms with van der Waals surface area (Å²) in [4.78, 5) is 0. The quantitative estimate of drug-likeness (QED) is 0.770. The molecule has 0 fully saturated rings. The third kappa shape index (κ3) is 4.67. The smallest absolute Gasteiger partial charge is 0.124 e. The van der Waals surface area contributed by atoms with E-state index >= 15 is 0 Å². The molecule has 3 heteroatoms. The van der Waals surface area contributed by atoms with Crippen LogP contribution in [0, 0.1) is 0 Å². The van der Waals surface area contributed by atoms with Crippen molar-refractivity contribution in [2.75, 3.05) is 19.8 Å². The fourth-order valence-electron chi connectivity index (χ4n) is 1.87. The van der Waals surface area contributed by atoms with Gasteiger partial charge in [0.15, 0.2) is 0 Å². The zero-order valence-corrected chi connectivity index (χ0v) is 11.9. The summed E-state index contributed by atoms with van der Waals surface area (Å²) in [5.41, 5.74) is 1.17. The average molecular weight is 251 g/mol. The van der Waals surface area contributed by atoms with E-state index in [4.69, 9.17) is 9.47 Å². The molecule has 0 heterocycles. The number of nitrogens with one attached hydrogen (secondary N) is 1. The highest BCUT2D eigenvalue weighted by molar-refractivity contribution is 5.36. The largest absolute Gasteiger partial charge is 0.491 e. The van der Waals surface area contributed by atoms with Crippen LogP contribution in [0.15, 0.2) is 24.3 Å². The molecule has 3 nitrogen and oxygen atoms in total. The number of likely N-dealkylation sites (N-methyl/N-ethyl adjacent to an activating group) is 1. The molecule has 1 atom stereocenters. The van der Waals surface area contributed by atoms with Gasteiger partial charge in [0.1, 0.15) is 5.75 Å². The normalized spacial score (nSPS) is 12.7. The van der Waals surface area contributed by atoms with Gasteiger partial charge in [-0.2, -0.15) is 0 Å². The molecular formula is C15H25NO2. The van der Waals surface area contributed by atoms with E-state index < -0.39 is 0 Å². The van der Waals surface area contributed by atoms with Crippen molar-refractivity contribution in [3.63, 3.8) is 0 Å². The Hall–Kier alpha value is -1.06. The molecule has 0 saturated carbocycles. The summed E-state index contributed by atoms with van der Waals surface area (Å²) < 4.78 is 11.4. The third-order valence-corrected chi connectivity index (χ3v) is 2.60. The van der Waals surface area contributed by atoms with E-state index in [1.807, 2.05) is 39.0 Å². The van der Waals surface area contributed by atoms with Crippen LogP contribution in [0.25, 0.3) is 0 Å². The summed E-state index contributed by atoms with van der Waals surface area (Å²) in [5, 5.41) is 3.44. The number of para-hydroxylation sites is 1. The van der Waals surface area contributed by atoms with Gasteiger partial charge in [0.05, 0.1) is 18.8 Å². The maximum Gasteiger partial charge on any atom is 0.124 e. The van der Waals surface area contributed by atoms with Gasteiger partial charge in [-0.25, -0.2) is 0 Å². The van der Waals surface area contributed by atoms with Crippen LogP contribution in [0.4, 0.5) is 0 Å². The van der Waals surface area contributed by atoms with Crippen molar-refractivity contribution in [2.45, 2.75) is 39.8 Å². The highest BCUT2D eigenvalue weighted by atomic mass is 16.5. The first kappa shape index (κ1) is 15.0. The molecule has 1 N–H and O–H groups in total. The van der Waals surface area contributed by atoms with Crippen LogP contribution in [0.2, 0.25) is 0 Å². The minimum atomic E-state index is 0.181. The summed E-state index contributed by atoms with van der Waals surface area (Å²) in [6.45, 7) is 10.5. The fourth-order valence-corrected chi connectivity index (χ4v) is 1.87. The molecule has 1 unspecified atom stereocenters. The second kappa shape index (κ2) is 8.11. The Labute approximate surface area is 110 Å². The minimum Gasteiger partial charge on any atom is -0.491 e. The summed E-state index contributed by atoms with van der Waals surface area (Å²) in [6, 6.07) is 8.35. The van der Waals surface area contributed by atoms with Crippen LogP contribution in [0.1, 0.15) is 39.3 Å². The summed E-state index contributed by atoms with van der Waals surface area (Å²) >= 11 is 0. The Morgan fingerprint density at radius 3 is 2.50 bits per heavy atom. The molecule has 0 spiro atoms. The zero-order chi connectivity index (χ0) is 13.4. The van der Waals surface area contributed by atoms with Crippen molar-refractivity contribution in [3.8, 4) is 5.75 Å². The number of rotatable bonds is 8. The molecule has 102 valence electrons. The Balaban J connectivity index is 2.87. The topological polar surface area (TPSA) is 30.5 Å². The molecule has 1 aromatic rings. The number of ether oxygens (including phenoxy) is 2. The molecule has 0 aliphatic heterocycles. The van der Waals surface area contributed by atoms with Crippen molar-refractivity contribution in [2.24, 2.45) is 0 Å². The van der Waals surface area contributed by atoms with Crippen molar-refractivity contribution in [1.29, 1.82) is 0 Å². The van der Waals surface area contributed by atoms with Gasteiger partial charge in [0.25, 0.3) is 0 Å². The first-order valence-electron chi connectivity index (χ1n) is 6.75. The average Bonchev–Trinajstić information content (AvgIpc) is 2.35. The summed E-state index contributed by atoms with van der Waals surface area (Å²) in [7, 11) is 0. The fraction of sp³-hybridized carbons (Fsp3) is 0.600. The van der Waals surface area contributed by atoms with E-state index in [0.717, 1.165) is 18.9 Å². The lowest BCUT2D eigenvalue weighted by Crippen LogP contribution is -2.26. The molecule has 1 rings (SSSR count). The van der Waals surface area contributed by atoms with E-state index in [1.54, 1.807) is 0 Å². The van der Waals surface area contributed by atoms with Crippen LogP contribution in [-0.2, 0) is 4.74 Å². The van der Waals surface area contributed by atoms with Gasteiger partial charge in [-0.3, -0.25) is 0 Å². The Kier molecular flexibility index (Phi) is 6.76. The highest BCUT2D eigenvalue weighted by Gasteiger charge is 2.15. The van der Waals surface area contributed by atoms with Crippen molar-refractivity contribution < 1.29 is 9.47 Å². The third-order valence-electron chi connectivity index (χ3n) is 2.60. The molecule has 0 aromatic heterocycles. The lowest BCUT2D eigenvalue weighted by atomic mass is 10.1. The van der Waals surface area contributed by atoms with E-state index in [1.165, 1.54) is 5.56 Å². The van der Waals surface area contributed by atoms with Crippen molar-refractivity contribution >= 4 is 0 Å². The molecule has 1 aromatic carbocycles. The van der Waals surface area contributed by atoms with Crippen LogP contribution >= 0.6 is 0 Å². The summed E-state index contributed by atoms with van der Waals surface area (Å²) in [6.07, 6.45) is 0.181. The van der Waals surface area contributed by atoms with E-state index in [2.05, 4.69) is 18.3 Å². The van der Waals surface area contributed by atoms with Crippen LogP contribution in [0.5, 0.6) is 5.75 Å². The molecular weight excluding hydrogens is 226 g/mol. The van der Waals surface area contributed by atoms with Crippen molar-refractivity contribution in [3.05, 3.63) is 29.8 Å². The van der Waals surface area contributed by atoms with E-state index in [9.17, 15) is 0 Å². The predicted molar refractivity (Wildman–Crippen MR) is 75.1 cm³/mol.